The van der Waals surface area contributed by atoms with Crippen LogP contribution in [0, 0.1) is 6.92 Å². The summed E-state index contributed by atoms with van der Waals surface area (Å²) >= 11 is 6.00. The molecule has 0 amide bonds. The molecule has 1 saturated heterocycles. The number of pyridine rings is 1. The van der Waals surface area contributed by atoms with Gasteiger partial charge < -0.3 is 15.2 Å². The number of nitrogens with one attached hydrogen (secondary N) is 1. The first kappa shape index (κ1) is 14.3. The van der Waals surface area contributed by atoms with Gasteiger partial charge in [-0.25, -0.2) is 9.78 Å². The third-order valence-electron chi connectivity index (χ3n) is 3.69. The summed E-state index contributed by atoms with van der Waals surface area (Å²) in [6, 6.07) is 5.34. The number of hydrogen-bond acceptors (Lipinski definition) is 4. The Morgan fingerprint density at radius 1 is 1.52 bits per heavy atom. The summed E-state index contributed by atoms with van der Waals surface area (Å²) in [5, 5.41) is 14.0. The molecule has 0 bridgehead atoms. The van der Waals surface area contributed by atoms with Gasteiger partial charge in [0.25, 0.3) is 0 Å². The van der Waals surface area contributed by atoms with Gasteiger partial charge in [0.15, 0.2) is 5.69 Å². The third-order valence-corrected chi connectivity index (χ3v) is 3.93. The van der Waals surface area contributed by atoms with Gasteiger partial charge in [-0.2, -0.15) is 0 Å². The van der Waals surface area contributed by atoms with Gasteiger partial charge in [0.2, 0.25) is 0 Å². The van der Waals surface area contributed by atoms with E-state index in [2.05, 4.69) is 10.3 Å². The van der Waals surface area contributed by atoms with E-state index in [0.29, 0.717) is 29.3 Å². The largest absolute Gasteiger partial charge is 0.477 e. The second-order valence-electron chi connectivity index (χ2n) is 5.03. The molecule has 0 spiro atoms. The van der Waals surface area contributed by atoms with E-state index < -0.39 is 5.97 Å². The molecule has 2 N–H and O–H groups in total. The number of aromatic carboxylic acids is 1. The molecule has 6 heteroatoms. The number of nitrogens with zero attached hydrogens (tertiary/aromatic N) is 1. The van der Waals surface area contributed by atoms with Crippen LogP contribution in [-0.4, -0.2) is 35.8 Å². The molecule has 1 aliphatic heterocycles. The fourth-order valence-electron chi connectivity index (χ4n) is 2.73. The van der Waals surface area contributed by atoms with Crippen LogP contribution in [-0.2, 0) is 4.74 Å². The molecule has 1 fully saturated rings. The van der Waals surface area contributed by atoms with Crippen molar-refractivity contribution in [1.82, 2.24) is 10.3 Å². The van der Waals surface area contributed by atoms with Crippen LogP contribution in [0.4, 0.5) is 0 Å². The Bertz CT molecular complexity index is 712. The van der Waals surface area contributed by atoms with Gasteiger partial charge in [-0.05, 0) is 30.2 Å². The van der Waals surface area contributed by atoms with Gasteiger partial charge in [-0.1, -0.05) is 17.7 Å². The van der Waals surface area contributed by atoms with Crippen molar-refractivity contribution in [2.24, 2.45) is 0 Å². The lowest BCUT2D eigenvalue weighted by molar-refractivity contribution is 0.0281. The Morgan fingerprint density at radius 3 is 3.00 bits per heavy atom. The molecular formula is C15H15ClN2O3. The van der Waals surface area contributed by atoms with Crippen LogP contribution in [0.25, 0.3) is 10.9 Å². The Balaban J connectivity index is 2.27. The molecule has 0 radical (unpaired) electrons. The Hall–Kier alpha value is -1.69. The highest BCUT2D eigenvalue weighted by Crippen LogP contribution is 2.32. The van der Waals surface area contributed by atoms with Crippen LogP contribution in [0.2, 0.25) is 5.02 Å². The predicted octanol–water partition coefficient (Wildman–Crippen LogP) is 2.56. The summed E-state index contributed by atoms with van der Waals surface area (Å²) in [5.41, 5.74) is 2.15. The summed E-state index contributed by atoms with van der Waals surface area (Å²) in [7, 11) is 0. The highest BCUT2D eigenvalue weighted by Gasteiger charge is 2.24. The SMILES string of the molecule is Cc1c(C(=O)O)nc2cc(Cl)ccc2c1C1CNCCO1. The van der Waals surface area contributed by atoms with Crippen molar-refractivity contribution >= 4 is 28.5 Å². The Labute approximate surface area is 126 Å². The number of carboxylic acid groups (broad SMARTS) is 1. The number of carboxylic acids is 1. The molecule has 1 aromatic carbocycles. The molecule has 2 aromatic rings. The molecule has 2 heterocycles. The summed E-state index contributed by atoms with van der Waals surface area (Å²) < 4.78 is 5.80. The highest BCUT2D eigenvalue weighted by molar-refractivity contribution is 6.31. The first-order valence-electron chi connectivity index (χ1n) is 6.73. The number of benzene rings is 1. The van der Waals surface area contributed by atoms with Crippen LogP contribution in [0.1, 0.15) is 27.7 Å². The van der Waals surface area contributed by atoms with Crippen molar-refractivity contribution in [1.29, 1.82) is 0 Å². The minimum absolute atomic E-state index is 0.0499. The lowest BCUT2D eigenvalue weighted by Gasteiger charge is -2.27. The fraction of sp³-hybridized carbons (Fsp3) is 0.333. The summed E-state index contributed by atoms with van der Waals surface area (Å²) in [6.07, 6.45) is -0.177. The molecule has 1 unspecified atom stereocenters. The van der Waals surface area contributed by atoms with Gasteiger partial charge in [0.1, 0.15) is 0 Å². The number of fused-ring (bicyclic) bond motifs is 1. The van der Waals surface area contributed by atoms with Gasteiger partial charge in [0, 0.05) is 23.5 Å². The van der Waals surface area contributed by atoms with Crippen molar-refractivity contribution in [3.8, 4) is 0 Å². The number of hydrogen-bond donors (Lipinski definition) is 2. The topological polar surface area (TPSA) is 71.5 Å². The lowest BCUT2D eigenvalue weighted by atomic mass is 9.96. The normalized spacial score (nSPS) is 18.9. The third kappa shape index (κ3) is 2.60. The highest BCUT2D eigenvalue weighted by atomic mass is 35.5. The Morgan fingerprint density at radius 2 is 2.33 bits per heavy atom. The van der Waals surface area contributed by atoms with Crippen molar-refractivity contribution in [3.05, 3.63) is 40.0 Å². The second kappa shape index (κ2) is 5.60. The standard InChI is InChI=1S/C15H15ClN2O3/c1-8-13(12-7-17-4-5-21-12)10-3-2-9(16)6-11(10)18-14(8)15(19)20/h2-3,6,12,17H,4-5,7H2,1H3,(H,19,20). The molecular weight excluding hydrogens is 292 g/mol. The van der Waals surface area contributed by atoms with E-state index in [1.807, 2.05) is 6.07 Å². The average Bonchev–Trinajstić information content (AvgIpc) is 2.47. The lowest BCUT2D eigenvalue weighted by Crippen LogP contribution is -2.34. The zero-order valence-electron chi connectivity index (χ0n) is 11.5. The zero-order valence-corrected chi connectivity index (χ0v) is 12.3. The quantitative estimate of drug-likeness (QED) is 0.892. The van der Waals surface area contributed by atoms with Gasteiger partial charge in [0.05, 0.1) is 18.2 Å². The maximum Gasteiger partial charge on any atom is 0.354 e. The molecule has 1 aliphatic rings. The molecule has 0 aliphatic carbocycles. The van der Waals surface area contributed by atoms with Crippen LogP contribution in [0.15, 0.2) is 18.2 Å². The van der Waals surface area contributed by atoms with Crippen molar-refractivity contribution in [2.75, 3.05) is 19.7 Å². The van der Waals surface area contributed by atoms with E-state index >= 15 is 0 Å². The fourth-order valence-corrected chi connectivity index (χ4v) is 2.90. The first-order chi connectivity index (χ1) is 10.1. The minimum atomic E-state index is -1.04. The van der Waals surface area contributed by atoms with Crippen LogP contribution >= 0.6 is 11.6 Å². The smallest absolute Gasteiger partial charge is 0.354 e. The summed E-state index contributed by atoms with van der Waals surface area (Å²) in [5.74, 6) is -1.04. The number of carbonyl (C=O) groups is 1. The van der Waals surface area contributed by atoms with Crippen molar-refractivity contribution < 1.29 is 14.6 Å². The van der Waals surface area contributed by atoms with Gasteiger partial charge in [-0.3, -0.25) is 0 Å². The van der Waals surface area contributed by atoms with Gasteiger partial charge >= 0.3 is 5.97 Å². The first-order valence-corrected chi connectivity index (χ1v) is 7.11. The maximum absolute atomic E-state index is 11.4. The Kier molecular flexibility index (Phi) is 3.80. The van der Waals surface area contributed by atoms with Crippen LogP contribution in [0.3, 0.4) is 0 Å². The molecule has 3 rings (SSSR count). The second-order valence-corrected chi connectivity index (χ2v) is 5.47. The number of rotatable bonds is 2. The van der Waals surface area contributed by atoms with Crippen LogP contribution in [0.5, 0.6) is 0 Å². The van der Waals surface area contributed by atoms with Crippen LogP contribution < -0.4 is 5.32 Å². The van der Waals surface area contributed by atoms with Crippen molar-refractivity contribution in [2.45, 2.75) is 13.0 Å². The molecule has 0 saturated carbocycles. The van der Waals surface area contributed by atoms with E-state index in [-0.39, 0.29) is 11.8 Å². The average molecular weight is 307 g/mol. The predicted molar refractivity (Wildman–Crippen MR) is 80.0 cm³/mol. The summed E-state index contributed by atoms with van der Waals surface area (Å²) in [6.45, 7) is 3.83. The van der Waals surface area contributed by atoms with Crippen molar-refractivity contribution in [3.63, 3.8) is 0 Å². The van der Waals surface area contributed by atoms with E-state index in [1.54, 1.807) is 19.1 Å². The van der Waals surface area contributed by atoms with Gasteiger partial charge in [-0.15, -0.1) is 0 Å². The zero-order chi connectivity index (χ0) is 15.0. The number of ether oxygens (including phenoxy) is 1. The van der Waals surface area contributed by atoms with E-state index in [1.165, 1.54) is 0 Å². The van der Waals surface area contributed by atoms with E-state index in [0.717, 1.165) is 17.5 Å². The van der Waals surface area contributed by atoms with E-state index in [9.17, 15) is 9.90 Å². The van der Waals surface area contributed by atoms with E-state index in [4.69, 9.17) is 16.3 Å². The summed E-state index contributed by atoms with van der Waals surface area (Å²) in [4.78, 5) is 15.7. The molecule has 1 aromatic heterocycles. The molecule has 110 valence electrons. The monoisotopic (exact) mass is 306 g/mol. The molecule has 21 heavy (non-hydrogen) atoms. The molecule has 5 nitrogen and oxygen atoms in total. The molecule has 1 atom stereocenters. The number of morpholine rings is 1. The number of aromatic nitrogens is 1. The minimum Gasteiger partial charge on any atom is -0.477 e. The number of halogens is 1. The maximum atomic E-state index is 11.4.